The Kier molecular flexibility index (Phi) is 4.32. The Hall–Kier alpha value is -0.460. The van der Waals surface area contributed by atoms with Crippen molar-refractivity contribution in [2.24, 2.45) is 5.92 Å². The molecule has 0 bridgehead atoms. The van der Waals surface area contributed by atoms with Crippen LogP contribution in [-0.2, 0) is 9.59 Å². The molecule has 0 aromatic heterocycles. The van der Waals surface area contributed by atoms with Crippen LogP contribution in [0, 0.1) is 5.92 Å². The third-order valence-electron chi connectivity index (χ3n) is 4.18. The van der Waals surface area contributed by atoms with E-state index in [0.29, 0.717) is 12.3 Å². The standard InChI is InChI=1S/C12H19N3O2S.ClH/c1-12-3-2-10(16)15(12)9(7-18-12)11(17)14-6-8-4-13-5-8;/h8-9,13H,2-7H2,1H3,(H,14,17);1H. The van der Waals surface area contributed by atoms with Crippen molar-refractivity contribution in [3.05, 3.63) is 0 Å². The van der Waals surface area contributed by atoms with Gasteiger partial charge in [-0.1, -0.05) is 0 Å². The normalized spacial score (nSPS) is 33.6. The predicted molar refractivity (Wildman–Crippen MR) is 77.3 cm³/mol. The van der Waals surface area contributed by atoms with Gasteiger partial charge in [-0.25, -0.2) is 0 Å². The van der Waals surface area contributed by atoms with Gasteiger partial charge in [0.15, 0.2) is 0 Å². The van der Waals surface area contributed by atoms with Crippen molar-refractivity contribution in [1.82, 2.24) is 15.5 Å². The molecule has 2 atom stereocenters. The zero-order valence-corrected chi connectivity index (χ0v) is 12.6. The van der Waals surface area contributed by atoms with Gasteiger partial charge in [0.2, 0.25) is 11.8 Å². The van der Waals surface area contributed by atoms with Crippen LogP contribution in [0.2, 0.25) is 0 Å². The monoisotopic (exact) mass is 305 g/mol. The van der Waals surface area contributed by atoms with Crippen molar-refractivity contribution >= 4 is 36.0 Å². The lowest BCUT2D eigenvalue weighted by atomic mass is 10.0. The lowest BCUT2D eigenvalue weighted by molar-refractivity contribution is -0.138. The maximum absolute atomic E-state index is 12.2. The molecule has 3 fully saturated rings. The van der Waals surface area contributed by atoms with E-state index in [4.69, 9.17) is 0 Å². The van der Waals surface area contributed by atoms with E-state index in [1.807, 2.05) is 4.90 Å². The van der Waals surface area contributed by atoms with Crippen LogP contribution >= 0.6 is 24.2 Å². The van der Waals surface area contributed by atoms with Crippen molar-refractivity contribution in [2.75, 3.05) is 25.4 Å². The van der Waals surface area contributed by atoms with Gasteiger partial charge < -0.3 is 15.5 Å². The largest absolute Gasteiger partial charge is 0.354 e. The van der Waals surface area contributed by atoms with Crippen molar-refractivity contribution in [3.8, 4) is 0 Å². The zero-order chi connectivity index (χ0) is 12.8. The third kappa shape index (κ3) is 2.58. The van der Waals surface area contributed by atoms with Crippen molar-refractivity contribution < 1.29 is 9.59 Å². The Labute approximate surface area is 123 Å². The summed E-state index contributed by atoms with van der Waals surface area (Å²) in [6.45, 7) is 4.78. The number of thioether (sulfide) groups is 1. The van der Waals surface area contributed by atoms with Crippen LogP contribution in [-0.4, -0.2) is 53.0 Å². The van der Waals surface area contributed by atoms with Crippen molar-refractivity contribution in [3.63, 3.8) is 0 Å². The van der Waals surface area contributed by atoms with E-state index in [1.165, 1.54) is 0 Å². The molecule has 3 heterocycles. The molecule has 108 valence electrons. The molecule has 0 radical (unpaired) electrons. The van der Waals surface area contributed by atoms with Gasteiger partial charge >= 0.3 is 0 Å². The highest BCUT2D eigenvalue weighted by molar-refractivity contribution is 8.01. The number of halogens is 1. The van der Waals surface area contributed by atoms with Crippen LogP contribution in [0.15, 0.2) is 0 Å². The molecule has 0 spiro atoms. The summed E-state index contributed by atoms with van der Waals surface area (Å²) < 4.78 is 0. The number of amides is 2. The van der Waals surface area contributed by atoms with E-state index < -0.39 is 0 Å². The molecule has 0 aromatic carbocycles. The van der Waals surface area contributed by atoms with Gasteiger partial charge in [0.05, 0.1) is 4.87 Å². The highest BCUT2D eigenvalue weighted by Gasteiger charge is 2.52. The number of rotatable bonds is 3. The fourth-order valence-corrected chi connectivity index (χ4v) is 4.30. The van der Waals surface area contributed by atoms with Crippen molar-refractivity contribution in [1.29, 1.82) is 0 Å². The van der Waals surface area contributed by atoms with Gasteiger partial charge in [0.25, 0.3) is 0 Å². The highest BCUT2D eigenvalue weighted by atomic mass is 35.5. The molecule has 5 nitrogen and oxygen atoms in total. The lowest BCUT2D eigenvalue weighted by Gasteiger charge is -2.31. The SMILES string of the molecule is CC12CCC(=O)N1C(C(=O)NCC1CNC1)CS2.Cl. The number of nitrogens with zero attached hydrogens (tertiary/aromatic N) is 1. The Morgan fingerprint density at radius 1 is 1.58 bits per heavy atom. The summed E-state index contributed by atoms with van der Waals surface area (Å²) in [5.41, 5.74) is 0. The number of fused-ring (bicyclic) bond motifs is 1. The second-order valence-electron chi connectivity index (χ2n) is 5.53. The van der Waals surface area contributed by atoms with Gasteiger partial charge in [-0.05, 0) is 13.3 Å². The Morgan fingerprint density at radius 3 is 2.95 bits per heavy atom. The first kappa shape index (κ1) is 14.9. The maximum Gasteiger partial charge on any atom is 0.243 e. The van der Waals surface area contributed by atoms with E-state index in [9.17, 15) is 9.59 Å². The third-order valence-corrected chi connectivity index (χ3v) is 5.68. The molecule has 3 saturated heterocycles. The van der Waals surface area contributed by atoms with Gasteiger partial charge in [0, 0.05) is 37.7 Å². The molecule has 2 unspecified atom stereocenters. The van der Waals surface area contributed by atoms with E-state index in [-0.39, 0.29) is 35.1 Å². The molecular weight excluding hydrogens is 286 g/mol. The van der Waals surface area contributed by atoms with Gasteiger partial charge in [-0.2, -0.15) is 0 Å². The first-order chi connectivity index (χ1) is 8.60. The van der Waals surface area contributed by atoms with Crippen LogP contribution in [0.4, 0.5) is 0 Å². The molecule has 19 heavy (non-hydrogen) atoms. The Bertz CT molecular complexity index is 391. The second kappa shape index (κ2) is 5.50. The number of nitrogens with one attached hydrogen (secondary N) is 2. The Morgan fingerprint density at radius 2 is 2.32 bits per heavy atom. The van der Waals surface area contributed by atoms with E-state index >= 15 is 0 Å². The van der Waals surface area contributed by atoms with E-state index in [0.717, 1.165) is 31.8 Å². The molecule has 2 amide bonds. The number of hydrogen-bond acceptors (Lipinski definition) is 4. The minimum Gasteiger partial charge on any atom is -0.354 e. The van der Waals surface area contributed by atoms with Crippen LogP contribution in [0.25, 0.3) is 0 Å². The summed E-state index contributed by atoms with van der Waals surface area (Å²) >= 11 is 1.74. The molecule has 3 aliphatic rings. The zero-order valence-electron chi connectivity index (χ0n) is 11.0. The first-order valence-corrected chi connectivity index (χ1v) is 7.53. The summed E-state index contributed by atoms with van der Waals surface area (Å²) in [4.78, 5) is 25.8. The van der Waals surface area contributed by atoms with Crippen LogP contribution in [0.3, 0.4) is 0 Å². The molecule has 3 rings (SSSR count). The maximum atomic E-state index is 12.2. The van der Waals surface area contributed by atoms with Crippen LogP contribution in [0.1, 0.15) is 19.8 Å². The molecule has 3 aliphatic heterocycles. The van der Waals surface area contributed by atoms with Crippen LogP contribution < -0.4 is 10.6 Å². The van der Waals surface area contributed by atoms with Gasteiger partial charge in [0.1, 0.15) is 6.04 Å². The highest BCUT2D eigenvalue weighted by Crippen LogP contribution is 2.47. The average molecular weight is 306 g/mol. The quantitative estimate of drug-likeness (QED) is 0.782. The average Bonchev–Trinajstić information content (AvgIpc) is 2.75. The summed E-state index contributed by atoms with van der Waals surface area (Å²) in [6.07, 6.45) is 1.45. The fourth-order valence-electron chi connectivity index (χ4n) is 2.87. The topological polar surface area (TPSA) is 61.4 Å². The van der Waals surface area contributed by atoms with E-state index in [1.54, 1.807) is 11.8 Å². The minimum atomic E-state index is -0.261. The minimum absolute atomic E-state index is 0. The van der Waals surface area contributed by atoms with E-state index in [2.05, 4.69) is 17.6 Å². The number of carbonyl (C=O) groups is 2. The molecule has 0 saturated carbocycles. The predicted octanol–water partition coefficient (Wildman–Crippen LogP) is 0.198. The Balaban J connectivity index is 0.00000133. The molecule has 0 aromatic rings. The molecule has 0 aliphatic carbocycles. The lowest BCUT2D eigenvalue weighted by Crippen LogP contribution is -2.53. The molecule has 7 heteroatoms. The number of carbonyl (C=O) groups excluding carboxylic acids is 2. The smallest absolute Gasteiger partial charge is 0.243 e. The molecule has 2 N–H and O–H groups in total. The van der Waals surface area contributed by atoms with Crippen LogP contribution in [0.5, 0.6) is 0 Å². The molecular formula is C12H20ClN3O2S. The summed E-state index contributed by atoms with van der Waals surface area (Å²) in [5, 5.41) is 6.18. The van der Waals surface area contributed by atoms with Crippen molar-refractivity contribution in [2.45, 2.75) is 30.7 Å². The second-order valence-corrected chi connectivity index (χ2v) is 7.04. The summed E-state index contributed by atoms with van der Waals surface area (Å²) in [7, 11) is 0. The fraction of sp³-hybridized carbons (Fsp3) is 0.833. The van der Waals surface area contributed by atoms with Gasteiger partial charge in [-0.3, -0.25) is 9.59 Å². The first-order valence-electron chi connectivity index (χ1n) is 6.55. The summed E-state index contributed by atoms with van der Waals surface area (Å²) in [6, 6.07) is -0.261. The number of hydrogen-bond donors (Lipinski definition) is 2. The summed E-state index contributed by atoms with van der Waals surface area (Å²) in [5.74, 6) is 1.45. The van der Waals surface area contributed by atoms with Gasteiger partial charge in [-0.15, -0.1) is 24.2 Å².